The fourth-order valence-electron chi connectivity index (χ4n) is 2.37. The number of ether oxygens (including phenoxy) is 3. The van der Waals surface area contributed by atoms with E-state index in [1.807, 2.05) is 0 Å². The highest BCUT2D eigenvalue weighted by Crippen LogP contribution is 2.18. The van der Waals surface area contributed by atoms with E-state index in [1.54, 1.807) is 7.11 Å². The highest BCUT2D eigenvalue weighted by Gasteiger charge is 2.31. The van der Waals surface area contributed by atoms with Gasteiger partial charge in [0.1, 0.15) is 0 Å². The molecule has 0 spiro atoms. The molecule has 1 saturated heterocycles. The first kappa shape index (κ1) is 17.9. The Hall–Kier alpha value is -0.200. The van der Waals surface area contributed by atoms with Crippen molar-refractivity contribution in [1.82, 2.24) is 10.2 Å². The average Bonchev–Trinajstić information content (AvgIpc) is 2.45. The molecule has 5 heteroatoms. The van der Waals surface area contributed by atoms with E-state index in [9.17, 15) is 0 Å². The summed E-state index contributed by atoms with van der Waals surface area (Å²) >= 11 is 0. The molecule has 120 valence electrons. The first-order valence-corrected chi connectivity index (χ1v) is 7.75. The van der Waals surface area contributed by atoms with Crippen LogP contribution in [0.4, 0.5) is 0 Å². The Kier molecular flexibility index (Phi) is 8.64. The van der Waals surface area contributed by atoms with Crippen molar-refractivity contribution in [1.29, 1.82) is 0 Å². The molecular weight excluding hydrogens is 256 g/mol. The molecule has 1 heterocycles. The minimum atomic E-state index is 0.246. The molecule has 0 aromatic heterocycles. The summed E-state index contributed by atoms with van der Waals surface area (Å²) in [6, 6.07) is 0.580. The number of hydrogen-bond acceptors (Lipinski definition) is 5. The number of nitrogens with one attached hydrogen (secondary N) is 1. The minimum absolute atomic E-state index is 0.246. The quantitative estimate of drug-likeness (QED) is 0.610. The standard InChI is InChI=1S/C15H32N2O3/c1-5-15(3)13-17(14(2)12-16-15)6-7-19-10-11-20-9-8-18-4/h14,16H,5-13H2,1-4H3. The van der Waals surface area contributed by atoms with Crippen LogP contribution in [0.2, 0.25) is 0 Å². The van der Waals surface area contributed by atoms with Gasteiger partial charge < -0.3 is 19.5 Å². The van der Waals surface area contributed by atoms with Crippen molar-refractivity contribution in [3.63, 3.8) is 0 Å². The van der Waals surface area contributed by atoms with Crippen LogP contribution in [0.3, 0.4) is 0 Å². The molecule has 1 rings (SSSR count). The molecule has 1 fully saturated rings. The minimum Gasteiger partial charge on any atom is -0.382 e. The molecule has 1 N–H and O–H groups in total. The third-order valence-electron chi connectivity index (χ3n) is 4.11. The summed E-state index contributed by atoms with van der Waals surface area (Å²) in [7, 11) is 1.68. The van der Waals surface area contributed by atoms with E-state index in [1.165, 1.54) is 0 Å². The van der Waals surface area contributed by atoms with Gasteiger partial charge in [0.25, 0.3) is 0 Å². The average molecular weight is 288 g/mol. The van der Waals surface area contributed by atoms with Crippen LogP contribution >= 0.6 is 0 Å². The second-order valence-electron chi connectivity index (χ2n) is 5.83. The molecule has 2 atom stereocenters. The Morgan fingerprint density at radius 2 is 1.80 bits per heavy atom. The Morgan fingerprint density at radius 3 is 2.45 bits per heavy atom. The van der Waals surface area contributed by atoms with Crippen LogP contribution in [-0.4, -0.2) is 76.3 Å². The van der Waals surface area contributed by atoms with Crippen LogP contribution in [0, 0.1) is 0 Å². The van der Waals surface area contributed by atoms with Crippen molar-refractivity contribution < 1.29 is 14.2 Å². The van der Waals surface area contributed by atoms with Gasteiger partial charge in [-0.25, -0.2) is 0 Å². The van der Waals surface area contributed by atoms with Gasteiger partial charge >= 0.3 is 0 Å². The maximum Gasteiger partial charge on any atom is 0.0701 e. The van der Waals surface area contributed by atoms with Gasteiger partial charge in [-0.05, 0) is 20.3 Å². The number of methoxy groups -OCH3 is 1. The van der Waals surface area contributed by atoms with Crippen molar-refractivity contribution in [3.8, 4) is 0 Å². The summed E-state index contributed by atoms with van der Waals surface area (Å²) in [5.74, 6) is 0. The van der Waals surface area contributed by atoms with Crippen molar-refractivity contribution >= 4 is 0 Å². The molecule has 5 nitrogen and oxygen atoms in total. The molecule has 1 aliphatic heterocycles. The maximum absolute atomic E-state index is 5.64. The topological polar surface area (TPSA) is 43.0 Å². The molecule has 0 saturated carbocycles. The summed E-state index contributed by atoms with van der Waals surface area (Å²) in [4.78, 5) is 2.52. The van der Waals surface area contributed by atoms with Crippen LogP contribution in [0.25, 0.3) is 0 Å². The molecule has 0 radical (unpaired) electrons. The van der Waals surface area contributed by atoms with E-state index in [4.69, 9.17) is 14.2 Å². The summed E-state index contributed by atoms with van der Waals surface area (Å²) < 4.78 is 15.9. The van der Waals surface area contributed by atoms with Crippen molar-refractivity contribution in [3.05, 3.63) is 0 Å². The fraction of sp³-hybridized carbons (Fsp3) is 1.00. The number of rotatable bonds is 10. The molecule has 0 aliphatic carbocycles. The molecule has 20 heavy (non-hydrogen) atoms. The van der Waals surface area contributed by atoms with E-state index in [0.29, 0.717) is 32.5 Å². The summed E-state index contributed by atoms with van der Waals surface area (Å²) in [5, 5.41) is 3.64. The number of nitrogens with zero attached hydrogens (tertiary/aromatic N) is 1. The van der Waals surface area contributed by atoms with Gasteiger partial charge in [0, 0.05) is 38.3 Å². The van der Waals surface area contributed by atoms with E-state index in [-0.39, 0.29) is 5.54 Å². The van der Waals surface area contributed by atoms with E-state index < -0.39 is 0 Å². The monoisotopic (exact) mass is 288 g/mol. The SMILES string of the molecule is CCC1(C)CN(CCOCCOCCOC)C(C)CN1. The lowest BCUT2D eigenvalue weighted by atomic mass is 9.94. The van der Waals surface area contributed by atoms with Gasteiger partial charge in [-0.3, -0.25) is 4.90 Å². The largest absolute Gasteiger partial charge is 0.382 e. The second-order valence-corrected chi connectivity index (χ2v) is 5.83. The summed E-state index contributed by atoms with van der Waals surface area (Å²) in [5.41, 5.74) is 0.246. The van der Waals surface area contributed by atoms with Crippen LogP contribution in [0.5, 0.6) is 0 Å². The van der Waals surface area contributed by atoms with Crippen LogP contribution in [0.1, 0.15) is 27.2 Å². The Labute approximate surface area is 123 Å². The first-order valence-electron chi connectivity index (χ1n) is 7.75. The van der Waals surface area contributed by atoms with Crippen molar-refractivity contribution in [2.24, 2.45) is 0 Å². The Morgan fingerprint density at radius 1 is 1.15 bits per heavy atom. The molecule has 1 aliphatic rings. The van der Waals surface area contributed by atoms with E-state index in [2.05, 4.69) is 31.0 Å². The Bertz CT molecular complexity index is 253. The fourth-order valence-corrected chi connectivity index (χ4v) is 2.37. The molecule has 2 unspecified atom stereocenters. The molecule has 0 aromatic carbocycles. The zero-order valence-electron chi connectivity index (χ0n) is 13.6. The van der Waals surface area contributed by atoms with Gasteiger partial charge in [0.15, 0.2) is 0 Å². The predicted molar refractivity (Wildman–Crippen MR) is 81.2 cm³/mol. The van der Waals surface area contributed by atoms with Crippen molar-refractivity contribution in [2.75, 3.05) is 59.8 Å². The molecule has 0 amide bonds. The molecule has 0 bridgehead atoms. The summed E-state index contributed by atoms with van der Waals surface area (Å²) in [6.45, 7) is 13.3. The van der Waals surface area contributed by atoms with Gasteiger partial charge in [-0.1, -0.05) is 6.92 Å². The number of hydrogen-bond donors (Lipinski definition) is 1. The van der Waals surface area contributed by atoms with Gasteiger partial charge in [0.2, 0.25) is 0 Å². The van der Waals surface area contributed by atoms with E-state index in [0.717, 1.165) is 32.7 Å². The predicted octanol–water partition coefficient (Wildman–Crippen LogP) is 1.13. The third-order valence-corrected chi connectivity index (χ3v) is 4.11. The maximum atomic E-state index is 5.64. The highest BCUT2D eigenvalue weighted by atomic mass is 16.5. The summed E-state index contributed by atoms with van der Waals surface area (Å²) in [6.07, 6.45) is 1.16. The van der Waals surface area contributed by atoms with Crippen LogP contribution < -0.4 is 5.32 Å². The lowest BCUT2D eigenvalue weighted by molar-refractivity contribution is 0.00904. The van der Waals surface area contributed by atoms with Crippen molar-refractivity contribution in [2.45, 2.75) is 38.8 Å². The third kappa shape index (κ3) is 6.50. The zero-order valence-corrected chi connectivity index (χ0v) is 13.6. The normalized spacial score (nSPS) is 27.9. The van der Waals surface area contributed by atoms with Crippen LogP contribution in [-0.2, 0) is 14.2 Å². The first-order chi connectivity index (χ1) is 9.61. The van der Waals surface area contributed by atoms with Gasteiger partial charge in [0.05, 0.1) is 33.0 Å². The van der Waals surface area contributed by atoms with Gasteiger partial charge in [-0.15, -0.1) is 0 Å². The van der Waals surface area contributed by atoms with E-state index >= 15 is 0 Å². The number of piperazine rings is 1. The molecule has 0 aromatic rings. The van der Waals surface area contributed by atoms with Gasteiger partial charge in [-0.2, -0.15) is 0 Å². The second kappa shape index (κ2) is 9.68. The lowest BCUT2D eigenvalue weighted by Gasteiger charge is -2.45. The highest BCUT2D eigenvalue weighted by molar-refractivity contribution is 4.92. The Balaban J connectivity index is 2.08. The smallest absolute Gasteiger partial charge is 0.0701 e. The zero-order chi connectivity index (χ0) is 14.8. The lowest BCUT2D eigenvalue weighted by Crippen LogP contribution is -2.62. The molecular formula is C15H32N2O3. The van der Waals surface area contributed by atoms with Crippen LogP contribution in [0.15, 0.2) is 0 Å².